The molecule has 0 N–H and O–H groups in total. The van der Waals surface area contributed by atoms with E-state index < -0.39 is 11.9 Å². The molecule has 2 heterocycles. The Balaban J connectivity index is 1.86. The Morgan fingerprint density at radius 2 is 1.19 bits per heavy atom. The summed E-state index contributed by atoms with van der Waals surface area (Å²) >= 11 is 6.34. The number of esters is 2. The van der Waals surface area contributed by atoms with Crippen LogP contribution >= 0.6 is 11.6 Å². The molecule has 0 radical (unpaired) electrons. The average Bonchev–Trinajstić information content (AvgIpc) is 3.43. The molecule has 2 aromatic heterocycles. The van der Waals surface area contributed by atoms with Crippen molar-refractivity contribution in [1.29, 1.82) is 0 Å². The maximum absolute atomic E-state index is 12.8. The Kier molecular flexibility index (Phi) is 6.36. The van der Waals surface area contributed by atoms with Crippen LogP contribution < -0.4 is 0 Å². The van der Waals surface area contributed by atoms with Gasteiger partial charge in [-0.2, -0.15) is 0 Å². The molecule has 5 rings (SSSR count). The minimum absolute atomic E-state index is 0.412. The lowest BCUT2D eigenvalue weighted by atomic mass is 10.0. The molecule has 0 bridgehead atoms. The van der Waals surface area contributed by atoms with Gasteiger partial charge in [0, 0.05) is 16.1 Å². The molecule has 186 valence electrons. The molecule has 0 atom stereocenters. The number of nitrogens with zero attached hydrogens (tertiary/aromatic N) is 2. The van der Waals surface area contributed by atoms with Gasteiger partial charge in [0.2, 0.25) is 0 Å². The molecule has 5 aromatic rings. The first-order chi connectivity index (χ1) is 17.8. The van der Waals surface area contributed by atoms with Gasteiger partial charge in [-0.15, -0.1) is 0 Å². The van der Waals surface area contributed by atoms with Crippen molar-refractivity contribution in [3.63, 3.8) is 0 Å². The summed E-state index contributed by atoms with van der Waals surface area (Å²) in [5.41, 5.74) is 5.35. The van der Waals surface area contributed by atoms with Crippen molar-refractivity contribution >= 4 is 34.3 Å². The summed E-state index contributed by atoms with van der Waals surface area (Å²) in [6.45, 7) is 3.71. The highest BCUT2D eigenvalue weighted by molar-refractivity contribution is 6.30. The summed E-state index contributed by atoms with van der Waals surface area (Å²) in [5, 5.41) is 2.75. The molecule has 0 aliphatic heterocycles. The molecule has 0 fully saturated rings. The first kappa shape index (κ1) is 24.4. The minimum Gasteiger partial charge on any atom is -0.465 e. The quantitative estimate of drug-likeness (QED) is 0.239. The third-order valence-corrected chi connectivity index (χ3v) is 6.84. The molecule has 0 amide bonds. The minimum atomic E-state index is -0.454. The Morgan fingerprint density at radius 1 is 0.649 bits per heavy atom. The second kappa shape index (κ2) is 9.64. The van der Waals surface area contributed by atoms with Crippen LogP contribution in [0.5, 0.6) is 0 Å². The first-order valence-corrected chi connectivity index (χ1v) is 12.1. The van der Waals surface area contributed by atoms with Crippen LogP contribution in [-0.4, -0.2) is 35.5 Å². The van der Waals surface area contributed by atoms with Crippen LogP contribution in [0.15, 0.2) is 78.9 Å². The van der Waals surface area contributed by atoms with Crippen molar-refractivity contribution in [2.75, 3.05) is 14.2 Å². The average molecular weight is 513 g/mol. The van der Waals surface area contributed by atoms with Crippen LogP contribution in [0.4, 0.5) is 0 Å². The lowest BCUT2D eigenvalue weighted by molar-refractivity contribution is 0.0590. The summed E-state index contributed by atoms with van der Waals surface area (Å²) < 4.78 is 14.0. The van der Waals surface area contributed by atoms with Crippen molar-refractivity contribution in [3.8, 4) is 22.5 Å². The van der Waals surface area contributed by atoms with Gasteiger partial charge in [-0.05, 0) is 55.0 Å². The molecule has 6 nitrogen and oxygen atoms in total. The number of carbonyl (C=O) groups excluding carboxylic acids is 2. The molecule has 0 saturated carbocycles. The number of ether oxygens (including phenoxy) is 2. The number of carbonyl (C=O) groups is 2. The van der Waals surface area contributed by atoms with E-state index in [4.69, 9.17) is 21.1 Å². The van der Waals surface area contributed by atoms with E-state index in [2.05, 4.69) is 18.2 Å². The van der Waals surface area contributed by atoms with Crippen molar-refractivity contribution in [2.45, 2.75) is 13.8 Å². The van der Waals surface area contributed by atoms with Crippen molar-refractivity contribution in [2.24, 2.45) is 0 Å². The molecule has 0 aliphatic carbocycles. The molecule has 0 saturated heterocycles. The first-order valence-electron chi connectivity index (χ1n) is 11.7. The third-order valence-electron chi connectivity index (χ3n) is 6.61. The van der Waals surface area contributed by atoms with Crippen LogP contribution in [0.1, 0.15) is 32.1 Å². The Hall–Kier alpha value is -4.29. The van der Waals surface area contributed by atoms with Gasteiger partial charge in [0.1, 0.15) is 0 Å². The van der Waals surface area contributed by atoms with Gasteiger partial charge in [0.05, 0.1) is 48.1 Å². The molecule has 7 heteroatoms. The zero-order valence-electron chi connectivity index (χ0n) is 20.9. The van der Waals surface area contributed by atoms with Gasteiger partial charge >= 0.3 is 11.9 Å². The maximum Gasteiger partial charge on any atom is 0.339 e. The zero-order chi connectivity index (χ0) is 26.3. The number of halogens is 1. The molecule has 37 heavy (non-hydrogen) atoms. The fourth-order valence-electron chi connectivity index (χ4n) is 4.75. The van der Waals surface area contributed by atoms with Crippen molar-refractivity contribution < 1.29 is 19.1 Å². The monoisotopic (exact) mass is 512 g/mol. The third kappa shape index (κ3) is 4.19. The summed E-state index contributed by atoms with van der Waals surface area (Å²) in [7, 11) is 2.72. The Labute approximate surface area is 219 Å². The number of aromatic nitrogens is 2. The second-order valence-corrected chi connectivity index (χ2v) is 9.17. The standard InChI is InChI=1S/C30H25ClN2O4/c1-18-25(29(34)36-3)16-27(22-10-7-11-24(31)15-22)32(18)33-19(2)26(30(35)37-4)17-28(33)23-13-12-20-8-5-6-9-21(20)14-23/h5-17H,1-4H3. The van der Waals surface area contributed by atoms with Crippen LogP contribution in [0.3, 0.4) is 0 Å². The second-order valence-electron chi connectivity index (χ2n) is 8.74. The number of hydrogen-bond acceptors (Lipinski definition) is 4. The predicted molar refractivity (Wildman–Crippen MR) is 145 cm³/mol. The smallest absolute Gasteiger partial charge is 0.339 e. The molecule has 0 unspecified atom stereocenters. The molecular weight excluding hydrogens is 488 g/mol. The number of methoxy groups -OCH3 is 2. The Morgan fingerprint density at radius 3 is 1.73 bits per heavy atom. The van der Waals surface area contributed by atoms with Crippen molar-refractivity contribution in [1.82, 2.24) is 9.35 Å². The van der Waals surface area contributed by atoms with Crippen molar-refractivity contribution in [3.05, 3.63) is 106 Å². The van der Waals surface area contributed by atoms with Crippen LogP contribution in [-0.2, 0) is 9.47 Å². The number of fused-ring (bicyclic) bond motifs is 1. The lowest BCUT2D eigenvalue weighted by Gasteiger charge is -2.20. The molecule has 0 aliphatic rings. The zero-order valence-corrected chi connectivity index (χ0v) is 21.7. The van der Waals surface area contributed by atoms with E-state index in [0.29, 0.717) is 27.5 Å². The normalized spacial score (nSPS) is 11.1. The largest absolute Gasteiger partial charge is 0.465 e. The SMILES string of the molecule is COC(=O)c1cc(-c2cccc(Cl)c2)n(-n2c(-c3ccc4ccccc4c3)cc(C(=O)OC)c2C)c1C. The van der Waals surface area contributed by atoms with E-state index in [1.807, 2.05) is 71.7 Å². The molecule has 0 spiro atoms. The lowest BCUT2D eigenvalue weighted by Crippen LogP contribution is -2.17. The summed E-state index contributed by atoms with van der Waals surface area (Å²) in [5.74, 6) is -0.898. The highest BCUT2D eigenvalue weighted by atomic mass is 35.5. The fraction of sp³-hybridized carbons (Fsp3) is 0.133. The summed E-state index contributed by atoms with van der Waals surface area (Å²) in [4.78, 5) is 25.5. The van der Waals surface area contributed by atoms with Gasteiger partial charge < -0.3 is 9.47 Å². The molecular formula is C30H25ClN2O4. The van der Waals surface area contributed by atoms with E-state index in [9.17, 15) is 9.59 Å². The van der Waals surface area contributed by atoms with Crippen LogP contribution in [0, 0.1) is 13.8 Å². The fourth-order valence-corrected chi connectivity index (χ4v) is 4.94. The highest BCUT2D eigenvalue weighted by Gasteiger charge is 2.26. The number of benzene rings is 3. The van der Waals surface area contributed by atoms with E-state index in [1.165, 1.54) is 14.2 Å². The number of rotatable bonds is 5. The van der Waals surface area contributed by atoms with Crippen LogP contribution in [0.25, 0.3) is 33.3 Å². The van der Waals surface area contributed by atoms with E-state index in [-0.39, 0.29) is 0 Å². The van der Waals surface area contributed by atoms with Gasteiger partial charge in [-0.25, -0.2) is 9.59 Å². The van der Waals surface area contributed by atoms with E-state index >= 15 is 0 Å². The summed E-state index contributed by atoms with van der Waals surface area (Å²) in [6, 6.07) is 25.3. The van der Waals surface area contributed by atoms with Crippen LogP contribution in [0.2, 0.25) is 5.02 Å². The molecule has 3 aromatic carbocycles. The van der Waals surface area contributed by atoms with Gasteiger partial charge in [-0.3, -0.25) is 9.35 Å². The van der Waals surface area contributed by atoms with Gasteiger partial charge in [-0.1, -0.05) is 60.1 Å². The maximum atomic E-state index is 12.8. The van der Waals surface area contributed by atoms with Gasteiger partial charge in [0.25, 0.3) is 0 Å². The topological polar surface area (TPSA) is 62.5 Å². The van der Waals surface area contributed by atoms with E-state index in [0.717, 1.165) is 33.3 Å². The number of hydrogen-bond donors (Lipinski definition) is 0. The van der Waals surface area contributed by atoms with E-state index in [1.54, 1.807) is 12.1 Å². The predicted octanol–water partition coefficient (Wildman–Crippen LogP) is 6.93. The summed E-state index contributed by atoms with van der Waals surface area (Å²) in [6.07, 6.45) is 0. The van der Waals surface area contributed by atoms with Gasteiger partial charge in [0.15, 0.2) is 0 Å². The Bertz CT molecular complexity index is 1680. The highest BCUT2D eigenvalue weighted by Crippen LogP contribution is 2.34.